The lowest BCUT2D eigenvalue weighted by atomic mass is 9.89. The van der Waals surface area contributed by atoms with Crippen LogP contribution in [0.25, 0.3) is 0 Å². The largest absolute Gasteiger partial charge is 0.274 e. The van der Waals surface area contributed by atoms with Crippen LogP contribution < -0.4 is 4.90 Å². The zero-order valence-electron chi connectivity index (χ0n) is 15.0. The molecular weight excluding hydrogens is 359 g/mol. The summed E-state index contributed by atoms with van der Waals surface area (Å²) in [6, 6.07) is 13.9. The molecule has 3 fully saturated rings. The second-order valence-corrected chi connectivity index (χ2v) is 7.32. The van der Waals surface area contributed by atoms with Crippen molar-refractivity contribution >= 4 is 17.5 Å². The van der Waals surface area contributed by atoms with E-state index in [0.717, 1.165) is 25.1 Å². The molecule has 0 radical (unpaired) electrons. The lowest BCUT2D eigenvalue weighted by Crippen LogP contribution is -2.44. The number of benzene rings is 2. The van der Waals surface area contributed by atoms with Crippen molar-refractivity contribution < 1.29 is 14.0 Å². The molecule has 2 aromatic rings. The predicted molar refractivity (Wildman–Crippen MR) is 98.1 cm³/mol. The van der Waals surface area contributed by atoms with Crippen molar-refractivity contribution in [3.63, 3.8) is 0 Å². The zero-order valence-corrected chi connectivity index (χ0v) is 15.0. The van der Waals surface area contributed by atoms with Crippen LogP contribution in [0.3, 0.4) is 0 Å². The summed E-state index contributed by atoms with van der Waals surface area (Å²) in [5.41, 5.74) is 1.87. The number of anilines is 1. The number of fused-ring (bicyclic) bond motifs is 3. The van der Waals surface area contributed by atoms with Crippen LogP contribution in [0.5, 0.6) is 0 Å². The van der Waals surface area contributed by atoms with Gasteiger partial charge < -0.3 is 0 Å². The van der Waals surface area contributed by atoms with Crippen molar-refractivity contribution in [2.75, 3.05) is 18.0 Å². The van der Waals surface area contributed by atoms with E-state index in [1.54, 1.807) is 12.1 Å². The number of rotatable bonds is 2. The third kappa shape index (κ3) is 2.32. The minimum Gasteiger partial charge on any atom is -0.274 e. The fraction of sp³-hybridized carbons (Fsp3) is 0.286. The lowest BCUT2D eigenvalue weighted by Gasteiger charge is -2.29. The summed E-state index contributed by atoms with van der Waals surface area (Å²) in [6.45, 7) is 1.51. The molecular formula is C21H17FN4O2. The van der Waals surface area contributed by atoms with Crippen LogP contribution in [-0.4, -0.2) is 41.0 Å². The van der Waals surface area contributed by atoms with Crippen LogP contribution in [0, 0.1) is 23.1 Å². The molecule has 3 aliphatic heterocycles. The van der Waals surface area contributed by atoms with Gasteiger partial charge in [-0.3, -0.25) is 9.59 Å². The molecule has 3 heterocycles. The highest BCUT2D eigenvalue weighted by Crippen LogP contribution is 2.48. The molecule has 3 saturated heterocycles. The van der Waals surface area contributed by atoms with Gasteiger partial charge in [-0.25, -0.2) is 19.3 Å². The van der Waals surface area contributed by atoms with Crippen molar-refractivity contribution in [2.45, 2.75) is 18.5 Å². The molecule has 0 unspecified atom stereocenters. The minimum atomic E-state index is -0.541. The number of hydrogen-bond acceptors (Lipinski definition) is 5. The van der Waals surface area contributed by atoms with E-state index in [2.05, 4.69) is 11.1 Å². The molecule has 3 atom stereocenters. The van der Waals surface area contributed by atoms with Crippen molar-refractivity contribution in [3.8, 4) is 6.07 Å². The quantitative estimate of drug-likeness (QED) is 0.752. The molecule has 0 spiro atoms. The smallest absolute Gasteiger partial charge is 0.253 e. The highest BCUT2D eigenvalue weighted by Gasteiger charge is 2.62. The molecule has 0 bridgehead atoms. The lowest BCUT2D eigenvalue weighted by molar-refractivity contribution is -0.126. The van der Waals surface area contributed by atoms with Crippen LogP contribution in [0.1, 0.15) is 23.6 Å². The van der Waals surface area contributed by atoms with Crippen LogP contribution in [0.4, 0.5) is 10.1 Å². The molecule has 2 aromatic carbocycles. The molecule has 0 saturated carbocycles. The summed E-state index contributed by atoms with van der Waals surface area (Å²) in [6.07, 6.45) is 0.925. The van der Waals surface area contributed by atoms with Gasteiger partial charge in [-0.15, -0.1) is 0 Å². The van der Waals surface area contributed by atoms with Crippen LogP contribution >= 0.6 is 0 Å². The van der Waals surface area contributed by atoms with Crippen molar-refractivity contribution in [2.24, 2.45) is 5.92 Å². The number of nitrogens with zero attached hydrogens (tertiary/aromatic N) is 4. The van der Waals surface area contributed by atoms with Crippen molar-refractivity contribution in [1.82, 2.24) is 10.0 Å². The van der Waals surface area contributed by atoms with Gasteiger partial charge in [0, 0.05) is 13.1 Å². The van der Waals surface area contributed by atoms with E-state index < -0.39 is 17.8 Å². The summed E-state index contributed by atoms with van der Waals surface area (Å²) >= 11 is 0. The minimum absolute atomic E-state index is 0.248. The first-order valence-electron chi connectivity index (χ1n) is 9.27. The second-order valence-electron chi connectivity index (χ2n) is 7.32. The maximum absolute atomic E-state index is 13.3. The van der Waals surface area contributed by atoms with Gasteiger partial charge in [0.15, 0.2) is 0 Å². The van der Waals surface area contributed by atoms with E-state index in [9.17, 15) is 14.0 Å². The van der Waals surface area contributed by atoms with Crippen LogP contribution in [-0.2, 0) is 9.59 Å². The normalized spacial score (nSPS) is 27.1. The summed E-state index contributed by atoms with van der Waals surface area (Å²) < 4.78 is 13.3. The first-order valence-corrected chi connectivity index (χ1v) is 9.27. The van der Waals surface area contributed by atoms with E-state index in [1.807, 2.05) is 17.1 Å². The van der Waals surface area contributed by atoms with Crippen molar-refractivity contribution in [1.29, 1.82) is 5.26 Å². The van der Waals surface area contributed by atoms with E-state index in [0.29, 0.717) is 11.3 Å². The Morgan fingerprint density at radius 1 is 0.893 bits per heavy atom. The average Bonchev–Trinajstić information content (AvgIpc) is 3.35. The monoisotopic (exact) mass is 376 g/mol. The van der Waals surface area contributed by atoms with Gasteiger partial charge in [0.25, 0.3) is 5.91 Å². The van der Waals surface area contributed by atoms with Crippen LogP contribution in [0.15, 0.2) is 48.5 Å². The first kappa shape index (κ1) is 17.0. The maximum atomic E-state index is 13.3. The van der Waals surface area contributed by atoms with Gasteiger partial charge in [0.2, 0.25) is 5.91 Å². The molecule has 0 aromatic heterocycles. The summed E-state index contributed by atoms with van der Waals surface area (Å²) in [4.78, 5) is 27.7. The molecule has 5 rings (SSSR count). The van der Waals surface area contributed by atoms with E-state index >= 15 is 0 Å². The average molecular weight is 376 g/mol. The summed E-state index contributed by atoms with van der Waals surface area (Å²) in [5, 5.41) is 13.2. The number of carbonyl (C=O) groups excluding carboxylic acids is 2. The van der Waals surface area contributed by atoms with Gasteiger partial charge in [0.1, 0.15) is 11.9 Å². The highest BCUT2D eigenvalue weighted by atomic mass is 19.1. The van der Waals surface area contributed by atoms with Gasteiger partial charge >= 0.3 is 0 Å². The Morgan fingerprint density at radius 3 is 2.18 bits per heavy atom. The van der Waals surface area contributed by atoms with E-state index in [-0.39, 0.29) is 17.9 Å². The van der Waals surface area contributed by atoms with Gasteiger partial charge in [-0.05, 0) is 48.4 Å². The molecule has 0 aliphatic carbocycles. The molecule has 2 amide bonds. The summed E-state index contributed by atoms with van der Waals surface area (Å²) in [5.74, 6) is -1.45. The Hall–Kier alpha value is -3.08. The SMILES string of the molecule is N#Cc1ccc([C@@H]2[C@H]3C(=O)N(c4ccc(F)cc4)C(=O)[C@H]3N3CCCN23)cc1. The number of imide groups is 1. The fourth-order valence-corrected chi connectivity index (χ4v) is 4.71. The molecule has 3 aliphatic rings. The molecule has 6 nitrogen and oxygen atoms in total. The van der Waals surface area contributed by atoms with Gasteiger partial charge in [0.05, 0.1) is 29.3 Å². The van der Waals surface area contributed by atoms with E-state index in [4.69, 9.17) is 5.26 Å². The van der Waals surface area contributed by atoms with Gasteiger partial charge in [-0.1, -0.05) is 12.1 Å². The van der Waals surface area contributed by atoms with E-state index in [1.165, 1.54) is 29.2 Å². The maximum Gasteiger partial charge on any atom is 0.253 e. The zero-order chi connectivity index (χ0) is 19.4. The Labute approximate surface area is 161 Å². The molecule has 7 heteroatoms. The third-order valence-electron chi connectivity index (χ3n) is 5.87. The number of carbonyl (C=O) groups is 2. The standard InChI is InChI=1S/C21H17FN4O2/c22-15-6-8-16(9-7-15)26-20(27)17-18(14-4-2-13(12-23)3-5-14)24-10-1-11-25(24)19(17)21(26)28/h2-9,17-19H,1,10-11H2/t17-,18-,19+/m1/s1. The highest BCUT2D eigenvalue weighted by molar-refractivity contribution is 6.24. The van der Waals surface area contributed by atoms with Crippen LogP contribution in [0.2, 0.25) is 0 Å². The predicted octanol–water partition coefficient (Wildman–Crippen LogP) is 2.23. The Bertz CT molecular complexity index is 999. The first-order chi connectivity index (χ1) is 13.6. The number of halogens is 1. The molecule has 140 valence electrons. The molecule has 0 N–H and O–H groups in total. The summed E-state index contributed by atoms with van der Waals surface area (Å²) in [7, 11) is 0. The number of hydrazine groups is 1. The second kappa shape index (κ2) is 6.23. The number of amides is 2. The fourth-order valence-electron chi connectivity index (χ4n) is 4.71. The Morgan fingerprint density at radius 2 is 1.54 bits per heavy atom. The number of hydrogen-bond donors (Lipinski definition) is 0. The number of nitriles is 1. The molecule has 28 heavy (non-hydrogen) atoms. The topological polar surface area (TPSA) is 67.6 Å². The Balaban J connectivity index is 1.56. The van der Waals surface area contributed by atoms with Crippen molar-refractivity contribution in [3.05, 3.63) is 65.5 Å². The third-order valence-corrected chi connectivity index (χ3v) is 5.87. The van der Waals surface area contributed by atoms with Gasteiger partial charge in [-0.2, -0.15) is 5.26 Å². The Kier molecular flexibility index (Phi) is 3.79.